The summed E-state index contributed by atoms with van der Waals surface area (Å²) in [7, 11) is -3.17. The van der Waals surface area contributed by atoms with Gasteiger partial charge < -0.3 is 34.4 Å². The van der Waals surface area contributed by atoms with Crippen molar-refractivity contribution in [2.75, 3.05) is 11.9 Å². The van der Waals surface area contributed by atoms with Crippen LogP contribution in [0.15, 0.2) is 41.1 Å². The number of nitrogens with zero attached hydrogens (tertiary/aromatic N) is 5. The summed E-state index contributed by atoms with van der Waals surface area (Å²) in [6.07, 6.45) is 2.99. The maximum absolute atomic E-state index is 14.2. The Morgan fingerprint density at radius 1 is 0.985 bits per heavy atom. The fourth-order valence-corrected chi connectivity index (χ4v) is 7.97. The number of carbonyl (C=O) groups excluding carboxylic acids is 5. The number of rotatable bonds is 15. The Bertz CT molecular complexity index is 2520. The predicted molar refractivity (Wildman–Crippen MR) is 242 cm³/mol. The van der Waals surface area contributed by atoms with Crippen molar-refractivity contribution in [3.8, 4) is 16.9 Å². The van der Waals surface area contributed by atoms with Crippen LogP contribution in [0.5, 0.6) is 5.75 Å². The van der Waals surface area contributed by atoms with Gasteiger partial charge in [0.05, 0.1) is 23.8 Å². The number of alkyl carbamates (subject to hydrolysis) is 1. The fraction of sp³-hybridized carbons (Fsp3) is 0.581. The second-order valence-corrected chi connectivity index (χ2v) is 21.6. The number of hydroxylamine groups is 2. The lowest BCUT2D eigenvalue weighted by atomic mass is 9.84. The number of amides is 4. The molecule has 1 fully saturated rings. The second kappa shape index (κ2) is 19.4. The number of hydrogen-bond acceptors (Lipinski definition) is 16. The number of benzene rings is 1. The average Bonchev–Trinajstić information content (AvgIpc) is 3.80. The van der Waals surface area contributed by atoms with Crippen LogP contribution in [0.25, 0.3) is 11.1 Å². The minimum atomic E-state index is -5.09. The number of nitrogens with one attached hydrogen (secondary N) is 3. The summed E-state index contributed by atoms with van der Waals surface area (Å²) in [6, 6.07) is 4.27. The highest BCUT2D eigenvalue weighted by Crippen LogP contribution is 2.38. The lowest BCUT2D eigenvalue weighted by molar-refractivity contribution is -0.753. The SMILES string of the molecule is C[n+]1cc(-c2ccc3c(c2)CC[C@H]([C@](C)(O/N=C(\C(=O)NC2C(=O)N(OS(=O)(=O)O)C2(C)C)c2csc(NC(=O)OC(C)(C)C)n2)C(=O)OC(C)(C)C)O3)cn1CCCNC(=O)OC(C)(C)C. The number of oxime groups is 1. The van der Waals surface area contributed by atoms with Crippen LogP contribution in [-0.2, 0) is 68.1 Å². The summed E-state index contributed by atoms with van der Waals surface area (Å²) in [6.45, 7) is 20.7. The molecule has 368 valence electrons. The quantitative estimate of drug-likeness (QED) is 0.0234. The van der Waals surface area contributed by atoms with Crippen LogP contribution in [0.1, 0.15) is 107 Å². The molecule has 3 aromatic rings. The van der Waals surface area contributed by atoms with Gasteiger partial charge in [0.25, 0.3) is 17.4 Å². The molecule has 1 unspecified atom stereocenters. The van der Waals surface area contributed by atoms with Gasteiger partial charge in [0.1, 0.15) is 34.3 Å². The second-order valence-electron chi connectivity index (χ2n) is 19.7. The highest BCUT2D eigenvalue weighted by atomic mass is 32.3. The van der Waals surface area contributed by atoms with Gasteiger partial charge in [-0.1, -0.05) is 11.2 Å². The molecule has 2 aliphatic heterocycles. The number of anilines is 1. The zero-order valence-electron chi connectivity index (χ0n) is 40.0. The van der Waals surface area contributed by atoms with Crippen molar-refractivity contribution in [1.82, 2.24) is 25.4 Å². The van der Waals surface area contributed by atoms with Gasteiger partial charge in [-0.25, -0.2) is 19.4 Å². The molecule has 0 radical (unpaired) electrons. The van der Waals surface area contributed by atoms with Crippen molar-refractivity contribution in [3.63, 3.8) is 0 Å². The van der Waals surface area contributed by atoms with Crippen LogP contribution in [0.4, 0.5) is 14.7 Å². The molecule has 1 aromatic carbocycles. The number of carbonyl (C=O) groups is 5. The molecule has 24 heteroatoms. The molecule has 2 aromatic heterocycles. The maximum atomic E-state index is 14.2. The van der Waals surface area contributed by atoms with E-state index in [2.05, 4.69) is 30.4 Å². The molecule has 0 saturated carbocycles. The summed E-state index contributed by atoms with van der Waals surface area (Å²) in [5, 5.41) is 13.7. The van der Waals surface area contributed by atoms with E-state index in [0.717, 1.165) is 28.0 Å². The van der Waals surface area contributed by atoms with Crippen LogP contribution in [-0.4, -0.2) is 110 Å². The number of ether oxygens (including phenoxy) is 4. The van der Waals surface area contributed by atoms with E-state index in [4.69, 9.17) is 23.8 Å². The Labute approximate surface area is 393 Å². The molecular weight excluding hydrogens is 917 g/mol. The molecule has 0 aliphatic carbocycles. The van der Waals surface area contributed by atoms with Crippen LogP contribution in [0.2, 0.25) is 0 Å². The highest BCUT2D eigenvalue weighted by molar-refractivity contribution is 7.80. The van der Waals surface area contributed by atoms with E-state index in [-0.39, 0.29) is 17.2 Å². The van der Waals surface area contributed by atoms with E-state index in [1.54, 1.807) is 68.4 Å². The van der Waals surface area contributed by atoms with E-state index in [9.17, 15) is 36.9 Å². The first-order valence-corrected chi connectivity index (χ1v) is 23.6. The van der Waals surface area contributed by atoms with Crippen LogP contribution < -0.4 is 25.4 Å². The minimum Gasteiger partial charge on any atom is -0.485 e. The summed E-state index contributed by atoms with van der Waals surface area (Å²) in [4.78, 5) is 76.4. The molecule has 4 amide bonds. The number of thiazole rings is 1. The smallest absolute Gasteiger partial charge is 0.418 e. The molecule has 67 heavy (non-hydrogen) atoms. The highest BCUT2D eigenvalue weighted by Gasteiger charge is 2.58. The molecule has 0 spiro atoms. The topological polar surface area (TPSA) is 268 Å². The Balaban J connectivity index is 1.41. The number of esters is 1. The average molecular weight is 978 g/mol. The Kier molecular flexibility index (Phi) is 15.1. The van der Waals surface area contributed by atoms with Gasteiger partial charge in [-0.3, -0.25) is 19.5 Å². The van der Waals surface area contributed by atoms with Crippen molar-refractivity contribution in [3.05, 3.63) is 47.2 Å². The first-order valence-electron chi connectivity index (χ1n) is 21.3. The normalized spacial score (nSPS) is 18.3. The summed E-state index contributed by atoms with van der Waals surface area (Å²) < 4.78 is 63.4. The third-order valence-electron chi connectivity index (χ3n) is 10.0. The third-order valence-corrected chi connectivity index (χ3v) is 11.1. The van der Waals surface area contributed by atoms with E-state index in [0.29, 0.717) is 36.7 Å². The molecule has 22 nitrogen and oxygen atoms in total. The van der Waals surface area contributed by atoms with Gasteiger partial charge in [-0.2, -0.15) is 18.2 Å². The first kappa shape index (κ1) is 52.1. The largest absolute Gasteiger partial charge is 0.485 e. The monoisotopic (exact) mass is 977 g/mol. The fourth-order valence-electron chi connectivity index (χ4n) is 6.84. The van der Waals surface area contributed by atoms with E-state index in [1.807, 2.05) is 40.9 Å². The van der Waals surface area contributed by atoms with Gasteiger partial charge >= 0.3 is 28.6 Å². The zero-order valence-corrected chi connectivity index (χ0v) is 41.6. The molecule has 3 atom stereocenters. The van der Waals surface area contributed by atoms with Crippen molar-refractivity contribution in [2.45, 2.75) is 149 Å². The lowest BCUT2D eigenvalue weighted by Crippen LogP contribution is -2.76. The first-order chi connectivity index (χ1) is 30.7. The van der Waals surface area contributed by atoms with Crippen molar-refractivity contribution in [2.24, 2.45) is 12.2 Å². The Hall–Kier alpha value is -5.85. The molecular formula is C43H61N8O14S2+. The zero-order chi connectivity index (χ0) is 50.1. The van der Waals surface area contributed by atoms with Gasteiger partial charge in [-0.05, 0) is 126 Å². The Morgan fingerprint density at radius 2 is 1.63 bits per heavy atom. The molecule has 2 aliphatic rings. The van der Waals surface area contributed by atoms with Gasteiger partial charge in [0, 0.05) is 11.9 Å². The van der Waals surface area contributed by atoms with Gasteiger partial charge in [0.2, 0.25) is 6.20 Å². The van der Waals surface area contributed by atoms with Crippen molar-refractivity contribution < 1.29 is 69.7 Å². The molecule has 4 heterocycles. The van der Waals surface area contributed by atoms with Gasteiger partial charge in [0.15, 0.2) is 24.0 Å². The number of aryl methyl sites for hydroxylation is 3. The van der Waals surface area contributed by atoms with Crippen LogP contribution in [0.3, 0.4) is 0 Å². The van der Waals surface area contributed by atoms with E-state index in [1.165, 1.54) is 26.2 Å². The summed E-state index contributed by atoms with van der Waals surface area (Å²) >= 11 is 0.905. The maximum Gasteiger partial charge on any atom is 0.418 e. The molecule has 1 saturated heterocycles. The minimum absolute atomic E-state index is 0.00284. The summed E-state index contributed by atoms with van der Waals surface area (Å²) in [5.41, 5.74) is -3.95. The number of aromatic nitrogens is 3. The molecule has 4 N–H and O–H groups in total. The molecule has 5 rings (SSSR count). The van der Waals surface area contributed by atoms with Gasteiger partial charge in [-0.15, -0.1) is 20.3 Å². The lowest BCUT2D eigenvalue weighted by Gasteiger charge is -2.50. The van der Waals surface area contributed by atoms with Crippen LogP contribution in [0, 0.1) is 0 Å². The number of fused-ring (bicyclic) bond motifs is 1. The summed E-state index contributed by atoms with van der Waals surface area (Å²) in [5.74, 6) is -2.48. The van der Waals surface area contributed by atoms with E-state index < -0.39 is 86.2 Å². The number of β-lactam (4-membered cyclic amide) rings is 1. The van der Waals surface area contributed by atoms with Crippen LogP contribution >= 0.6 is 11.3 Å². The van der Waals surface area contributed by atoms with Crippen molar-refractivity contribution >= 4 is 62.5 Å². The third kappa shape index (κ3) is 13.6. The Morgan fingerprint density at radius 3 is 2.24 bits per heavy atom. The number of hydrogen-bond donors (Lipinski definition) is 4. The van der Waals surface area contributed by atoms with Crippen molar-refractivity contribution in [1.29, 1.82) is 0 Å². The van der Waals surface area contributed by atoms with E-state index >= 15 is 0 Å². The predicted octanol–water partition coefficient (Wildman–Crippen LogP) is 4.75. The molecule has 0 bridgehead atoms. The standard InChI is InChI=1S/C43H60N8O14S2/c1-39(2,3)61-35(54)43(12,30-18-16-26-21-25(15-17-29(26)60-30)27-22-49(13)50(23-27)20-14-19-44-37(55)62-40(4,5)6)64-48-31(28-24-66-36(45-28)47-38(56)63-41(7,8)9)33(52)46-32-34(53)51(42(32,10)11)65-67(57,58)59/h15,17,21-24,30,32H,14,16,18-20H2,1-13H3,(H3-,44,45,46,47,52,55,56,57,58,59)/p+1/b48-31-/t30-,32?,43+/m1/s1.